The van der Waals surface area contributed by atoms with Crippen LogP contribution in [0.3, 0.4) is 0 Å². The smallest absolute Gasteiger partial charge is 0.270 e. The monoisotopic (exact) mass is 349 g/mol. The standard InChI is InChI=1S/C16H23N5O2S/c1-11-7-21(8-12(2)23-11)5-4-17-15(22)14-10-24-16(19-14)13-6-18-20(3)9-13/h6,9-12H,4-5,7-8H2,1-3H3,(H,17,22)/t11-,12-/m1/s1. The van der Waals surface area contributed by atoms with Crippen LogP contribution in [0.25, 0.3) is 10.6 Å². The molecule has 3 heterocycles. The van der Waals surface area contributed by atoms with Crippen molar-refractivity contribution in [2.24, 2.45) is 7.05 Å². The van der Waals surface area contributed by atoms with Gasteiger partial charge < -0.3 is 10.1 Å². The van der Waals surface area contributed by atoms with Gasteiger partial charge in [-0.2, -0.15) is 5.10 Å². The molecule has 8 heteroatoms. The van der Waals surface area contributed by atoms with E-state index < -0.39 is 0 Å². The molecular weight excluding hydrogens is 326 g/mol. The number of amides is 1. The number of rotatable bonds is 5. The first-order chi connectivity index (χ1) is 11.5. The molecule has 24 heavy (non-hydrogen) atoms. The number of nitrogens with zero attached hydrogens (tertiary/aromatic N) is 4. The van der Waals surface area contributed by atoms with E-state index in [-0.39, 0.29) is 18.1 Å². The molecule has 1 saturated heterocycles. The molecule has 0 aromatic carbocycles. The second-order valence-electron chi connectivity index (χ2n) is 6.21. The van der Waals surface area contributed by atoms with Gasteiger partial charge in [0, 0.05) is 50.4 Å². The van der Waals surface area contributed by atoms with Crippen molar-refractivity contribution in [1.82, 2.24) is 25.0 Å². The Kier molecular flexibility index (Phi) is 5.27. The molecule has 0 aliphatic carbocycles. The maximum Gasteiger partial charge on any atom is 0.270 e. The Morgan fingerprint density at radius 2 is 2.17 bits per heavy atom. The van der Waals surface area contributed by atoms with Gasteiger partial charge in [-0.05, 0) is 13.8 Å². The summed E-state index contributed by atoms with van der Waals surface area (Å²) >= 11 is 1.45. The highest BCUT2D eigenvalue weighted by Gasteiger charge is 2.22. The summed E-state index contributed by atoms with van der Waals surface area (Å²) in [5.41, 5.74) is 1.39. The molecule has 2 aromatic heterocycles. The van der Waals surface area contributed by atoms with Crippen molar-refractivity contribution in [3.8, 4) is 10.6 Å². The maximum atomic E-state index is 12.2. The van der Waals surface area contributed by atoms with E-state index in [0.29, 0.717) is 12.2 Å². The first kappa shape index (κ1) is 17.1. The minimum Gasteiger partial charge on any atom is -0.373 e. The lowest BCUT2D eigenvalue weighted by Crippen LogP contribution is -2.47. The van der Waals surface area contributed by atoms with Gasteiger partial charge in [-0.1, -0.05) is 0 Å². The summed E-state index contributed by atoms with van der Waals surface area (Å²) in [6, 6.07) is 0. The second-order valence-corrected chi connectivity index (χ2v) is 7.07. The third kappa shape index (κ3) is 4.19. The van der Waals surface area contributed by atoms with Gasteiger partial charge in [0.15, 0.2) is 0 Å². The van der Waals surface area contributed by atoms with Gasteiger partial charge in [-0.15, -0.1) is 11.3 Å². The van der Waals surface area contributed by atoms with Crippen LogP contribution in [0.2, 0.25) is 0 Å². The lowest BCUT2D eigenvalue weighted by molar-refractivity contribution is -0.0672. The van der Waals surface area contributed by atoms with Gasteiger partial charge in [0.1, 0.15) is 10.7 Å². The summed E-state index contributed by atoms with van der Waals surface area (Å²) in [4.78, 5) is 19.0. The minimum atomic E-state index is -0.129. The number of thiazole rings is 1. The Hall–Kier alpha value is -1.77. The summed E-state index contributed by atoms with van der Waals surface area (Å²) in [7, 11) is 1.86. The molecule has 0 bridgehead atoms. The number of ether oxygens (including phenoxy) is 1. The van der Waals surface area contributed by atoms with E-state index in [1.165, 1.54) is 11.3 Å². The highest BCUT2D eigenvalue weighted by molar-refractivity contribution is 7.13. The third-order valence-electron chi connectivity index (χ3n) is 3.90. The molecule has 3 rings (SSSR count). The highest BCUT2D eigenvalue weighted by Crippen LogP contribution is 2.22. The number of carbonyl (C=O) groups excluding carboxylic acids is 1. The third-order valence-corrected chi connectivity index (χ3v) is 4.79. The predicted octanol–water partition coefficient (Wildman–Crippen LogP) is 1.38. The number of aromatic nitrogens is 3. The predicted molar refractivity (Wildman–Crippen MR) is 93.1 cm³/mol. The van der Waals surface area contributed by atoms with Crippen LogP contribution in [0.1, 0.15) is 24.3 Å². The molecule has 1 amide bonds. The number of hydrogen-bond donors (Lipinski definition) is 1. The van der Waals surface area contributed by atoms with Crippen molar-refractivity contribution >= 4 is 17.2 Å². The summed E-state index contributed by atoms with van der Waals surface area (Å²) in [6.45, 7) is 7.40. The van der Waals surface area contributed by atoms with E-state index in [1.807, 2.05) is 13.2 Å². The minimum absolute atomic E-state index is 0.129. The summed E-state index contributed by atoms with van der Waals surface area (Å²) in [5, 5.41) is 9.67. The lowest BCUT2D eigenvalue weighted by Gasteiger charge is -2.35. The summed E-state index contributed by atoms with van der Waals surface area (Å²) in [5.74, 6) is -0.129. The van der Waals surface area contributed by atoms with Crippen LogP contribution in [-0.4, -0.2) is 64.0 Å². The normalized spacial score (nSPS) is 21.8. The average molecular weight is 349 g/mol. The second kappa shape index (κ2) is 7.42. The first-order valence-corrected chi connectivity index (χ1v) is 9.00. The fraction of sp³-hybridized carbons (Fsp3) is 0.562. The molecule has 1 aliphatic heterocycles. The van der Waals surface area contributed by atoms with Crippen molar-refractivity contribution in [2.75, 3.05) is 26.2 Å². The Morgan fingerprint density at radius 1 is 1.42 bits per heavy atom. The molecule has 7 nitrogen and oxygen atoms in total. The van der Waals surface area contributed by atoms with Gasteiger partial charge in [0.25, 0.3) is 5.91 Å². The van der Waals surface area contributed by atoms with Gasteiger partial charge in [-0.3, -0.25) is 14.4 Å². The number of nitrogens with one attached hydrogen (secondary N) is 1. The lowest BCUT2D eigenvalue weighted by atomic mass is 10.2. The fourth-order valence-corrected chi connectivity index (χ4v) is 3.70. The molecule has 1 aliphatic rings. The van der Waals surface area contributed by atoms with Crippen molar-refractivity contribution in [3.63, 3.8) is 0 Å². The van der Waals surface area contributed by atoms with E-state index in [4.69, 9.17) is 4.74 Å². The largest absolute Gasteiger partial charge is 0.373 e. The topological polar surface area (TPSA) is 72.3 Å². The van der Waals surface area contributed by atoms with E-state index in [1.54, 1.807) is 16.3 Å². The zero-order valence-electron chi connectivity index (χ0n) is 14.2. The van der Waals surface area contributed by atoms with Crippen molar-refractivity contribution < 1.29 is 9.53 Å². The number of morpholine rings is 1. The van der Waals surface area contributed by atoms with Crippen LogP contribution < -0.4 is 5.32 Å². The summed E-state index contributed by atoms with van der Waals surface area (Å²) in [6.07, 6.45) is 4.12. The van der Waals surface area contributed by atoms with Gasteiger partial charge >= 0.3 is 0 Å². The highest BCUT2D eigenvalue weighted by atomic mass is 32.1. The molecule has 130 valence electrons. The number of aryl methyl sites for hydroxylation is 1. The molecule has 2 atom stereocenters. The van der Waals surface area contributed by atoms with E-state index in [0.717, 1.165) is 30.2 Å². The van der Waals surface area contributed by atoms with Gasteiger partial charge in [0.05, 0.1) is 18.4 Å². The zero-order valence-corrected chi connectivity index (χ0v) is 15.0. The van der Waals surface area contributed by atoms with Crippen LogP contribution in [0.15, 0.2) is 17.8 Å². The molecule has 0 unspecified atom stereocenters. The van der Waals surface area contributed by atoms with Crippen molar-refractivity contribution in [2.45, 2.75) is 26.1 Å². The fourth-order valence-electron chi connectivity index (χ4n) is 2.93. The van der Waals surface area contributed by atoms with Crippen molar-refractivity contribution in [3.05, 3.63) is 23.5 Å². The Bertz CT molecular complexity index is 688. The molecule has 0 radical (unpaired) electrons. The van der Waals surface area contributed by atoms with E-state index in [2.05, 4.69) is 34.1 Å². The van der Waals surface area contributed by atoms with E-state index in [9.17, 15) is 4.79 Å². The first-order valence-electron chi connectivity index (χ1n) is 8.12. The Labute approximate surface area is 145 Å². The van der Waals surface area contributed by atoms with Crippen molar-refractivity contribution in [1.29, 1.82) is 0 Å². The molecule has 0 saturated carbocycles. The summed E-state index contributed by atoms with van der Waals surface area (Å²) < 4.78 is 7.44. The molecule has 2 aromatic rings. The van der Waals surface area contributed by atoms with Crippen LogP contribution in [-0.2, 0) is 11.8 Å². The van der Waals surface area contributed by atoms with Crippen LogP contribution in [0.5, 0.6) is 0 Å². The van der Waals surface area contributed by atoms with Crippen LogP contribution >= 0.6 is 11.3 Å². The molecular formula is C16H23N5O2S. The SMILES string of the molecule is C[C@@H]1CN(CCNC(=O)c2csc(-c3cnn(C)c3)n2)C[C@@H](C)O1. The molecule has 1 N–H and O–H groups in total. The van der Waals surface area contributed by atoms with Gasteiger partial charge in [0.2, 0.25) is 0 Å². The Balaban J connectivity index is 1.50. The van der Waals surface area contributed by atoms with Crippen LogP contribution in [0.4, 0.5) is 0 Å². The number of hydrogen-bond acceptors (Lipinski definition) is 6. The van der Waals surface area contributed by atoms with Crippen LogP contribution in [0, 0.1) is 0 Å². The zero-order chi connectivity index (χ0) is 17.1. The molecule has 1 fully saturated rings. The number of carbonyl (C=O) groups is 1. The van der Waals surface area contributed by atoms with Gasteiger partial charge in [-0.25, -0.2) is 4.98 Å². The maximum absolute atomic E-state index is 12.2. The quantitative estimate of drug-likeness (QED) is 0.883. The Morgan fingerprint density at radius 3 is 2.83 bits per heavy atom. The molecule has 0 spiro atoms. The average Bonchev–Trinajstić information content (AvgIpc) is 3.14. The van der Waals surface area contributed by atoms with E-state index >= 15 is 0 Å².